The summed E-state index contributed by atoms with van der Waals surface area (Å²) in [5, 5.41) is 4.30. The molecule has 1 N–H and O–H groups in total. The van der Waals surface area contributed by atoms with Crippen LogP contribution in [0.3, 0.4) is 0 Å². The number of nitrogens with zero attached hydrogens (tertiary/aromatic N) is 1. The number of nitrogens with one attached hydrogen (secondary N) is 1. The number of carbonyl (C=O) groups is 3. The number of fused-ring (bicyclic) bond motifs is 1. The minimum absolute atomic E-state index is 0.0579. The molecule has 31 heavy (non-hydrogen) atoms. The fraction of sp³-hybridized carbons (Fsp3) is 0.381. The number of hydrogen-bond donors (Lipinski definition) is 1. The van der Waals surface area contributed by atoms with Crippen molar-refractivity contribution in [2.45, 2.75) is 30.4 Å². The minimum Gasteiger partial charge on any atom is -0.368 e. The Hall–Kier alpha value is -2.56. The van der Waals surface area contributed by atoms with Crippen molar-refractivity contribution in [2.24, 2.45) is 0 Å². The van der Waals surface area contributed by atoms with Gasteiger partial charge >= 0.3 is 0 Å². The smallest absolute Gasteiger partial charge is 0.262 e. The number of ketones is 1. The Bertz CT molecular complexity index is 1070. The zero-order chi connectivity index (χ0) is 22.0. The van der Waals surface area contributed by atoms with Gasteiger partial charge in [-0.25, -0.2) is 8.42 Å². The summed E-state index contributed by atoms with van der Waals surface area (Å²) < 4.78 is 31.2. The van der Waals surface area contributed by atoms with Gasteiger partial charge in [-0.2, -0.15) is 0 Å². The van der Waals surface area contributed by atoms with Gasteiger partial charge in [0.05, 0.1) is 22.5 Å². The highest BCUT2D eigenvalue weighted by Crippen LogP contribution is 2.28. The molecule has 2 aliphatic heterocycles. The maximum Gasteiger partial charge on any atom is 0.262 e. The lowest BCUT2D eigenvalue weighted by atomic mass is 10.1. The Labute approximate surface area is 184 Å². The average Bonchev–Trinajstić information content (AvgIpc) is 3.47. The van der Waals surface area contributed by atoms with Crippen LogP contribution < -0.4 is 5.32 Å². The molecule has 0 aliphatic carbocycles. The molecule has 2 amide bonds. The van der Waals surface area contributed by atoms with E-state index in [1.54, 1.807) is 47.8 Å². The van der Waals surface area contributed by atoms with Crippen LogP contribution in [0, 0.1) is 0 Å². The van der Waals surface area contributed by atoms with Crippen LogP contribution in [0.1, 0.15) is 21.7 Å². The molecule has 10 heteroatoms. The van der Waals surface area contributed by atoms with Crippen LogP contribution in [-0.2, 0) is 29.9 Å². The Kier molecular flexibility index (Phi) is 6.22. The number of carbonyl (C=O) groups excluding carboxylic acids is 3. The van der Waals surface area contributed by atoms with E-state index in [9.17, 15) is 22.8 Å². The molecule has 1 aromatic heterocycles. The van der Waals surface area contributed by atoms with Crippen LogP contribution in [0.4, 0.5) is 0 Å². The number of sulfone groups is 1. The number of benzene rings is 1. The van der Waals surface area contributed by atoms with E-state index >= 15 is 0 Å². The number of rotatable bonds is 7. The van der Waals surface area contributed by atoms with E-state index < -0.39 is 39.5 Å². The molecule has 2 fully saturated rings. The quantitative estimate of drug-likeness (QED) is 0.658. The Balaban J connectivity index is 1.56. The minimum atomic E-state index is -3.73. The first-order valence-electron chi connectivity index (χ1n) is 9.87. The van der Waals surface area contributed by atoms with Crippen molar-refractivity contribution in [3.63, 3.8) is 0 Å². The molecule has 8 nitrogen and oxygen atoms in total. The highest BCUT2D eigenvalue weighted by molar-refractivity contribution is 7.90. The van der Waals surface area contributed by atoms with Crippen molar-refractivity contribution in [3.05, 3.63) is 58.3 Å². The summed E-state index contributed by atoms with van der Waals surface area (Å²) in [4.78, 5) is 39.9. The first-order chi connectivity index (χ1) is 14.8. The summed E-state index contributed by atoms with van der Waals surface area (Å²) in [6.07, 6.45) is 0.135. The lowest BCUT2D eigenvalue weighted by Crippen LogP contribution is -2.54. The van der Waals surface area contributed by atoms with Gasteiger partial charge in [-0.3, -0.25) is 14.4 Å². The summed E-state index contributed by atoms with van der Waals surface area (Å²) in [6, 6.07) is 9.93. The van der Waals surface area contributed by atoms with Crippen molar-refractivity contribution in [3.8, 4) is 0 Å². The van der Waals surface area contributed by atoms with Crippen LogP contribution in [0.2, 0.25) is 0 Å². The van der Waals surface area contributed by atoms with Crippen molar-refractivity contribution in [1.82, 2.24) is 10.2 Å². The molecule has 4 rings (SSSR count). The fourth-order valence-corrected chi connectivity index (χ4v) is 6.17. The van der Waals surface area contributed by atoms with Gasteiger partial charge in [0.1, 0.15) is 18.7 Å². The van der Waals surface area contributed by atoms with Crippen LogP contribution in [0.15, 0.2) is 47.8 Å². The van der Waals surface area contributed by atoms with E-state index in [4.69, 9.17) is 4.74 Å². The van der Waals surface area contributed by atoms with E-state index in [0.29, 0.717) is 16.9 Å². The maximum absolute atomic E-state index is 13.3. The van der Waals surface area contributed by atoms with E-state index in [-0.39, 0.29) is 30.8 Å². The Morgan fingerprint density at radius 1 is 1.19 bits per heavy atom. The molecule has 164 valence electrons. The third-order valence-corrected chi connectivity index (χ3v) is 7.88. The second-order valence-corrected chi connectivity index (χ2v) is 10.7. The van der Waals surface area contributed by atoms with Gasteiger partial charge < -0.3 is 15.0 Å². The summed E-state index contributed by atoms with van der Waals surface area (Å²) in [7, 11) is -3.73. The fourth-order valence-electron chi connectivity index (χ4n) is 3.99. The Morgan fingerprint density at radius 2 is 1.97 bits per heavy atom. The topological polar surface area (TPSA) is 110 Å². The summed E-state index contributed by atoms with van der Waals surface area (Å²) in [6.45, 7) is 0.224. The molecule has 0 spiro atoms. The van der Waals surface area contributed by atoms with Crippen molar-refractivity contribution >= 4 is 38.8 Å². The number of likely N-dealkylation sites (tertiary alicyclic amines) is 1. The highest BCUT2D eigenvalue weighted by atomic mass is 32.2. The molecule has 2 aliphatic rings. The van der Waals surface area contributed by atoms with Crippen LogP contribution in [0.25, 0.3) is 0 Å². The SMILES string of the molecule is O=C(NC(CS(=O)(=O)Cc1ccccc1)C(=O)N1CCC2OCC(=O)C21)c1cccs1. The van der Waals surface area contributed by atoms with Gasteiger partial charge in [0, 0.05) is 6.54 Å². The lowest BCUT2D eigenvalue weighted by Gasteiger charge is -2.27. The third-order valence-electron chi connectivity index (χ3n) is 5.39. The molecule has 2 saturated heterocycles. The van der Waals surface area contributed by atoms with Crippen molar-refractivity contribution < 1.29 is 27.5 Å². The number of amides is 2. The lowest BCUT2D eigenvalue weighted by molar-refractivity contribution is -0.137. The van der Waals surface area contributed by atoms with Gasteiger partial charge in [0.2, 0.25) is 5.91 Å². The van der Waals surface area contributed by atoms with Gasteiger partial charge in [0.25, 0.3) is 5.91 Å². The van der Waals surface area contributed by atoms with Crippen molar-refractivity contribution in [1.29, 1.82) is 0 Å². The van der Waals surface area contributed by atoms with E-state index in [2.05, 4.69) is 5.32 Å². The van der Waals surface area contributed by atoms with E-state index in [0.717, 1.165) is 0 Å². The van der Waals surface area contributed by atoms with E-state index in [1.165, 1.54) is 16.2 Å². The normalized spacial score (nSPS) is 21.7. The standard InChI is InChI=1S/C21H22N2O6S2/c24-16-11-29-17-8-9-23(19(16)17)21(26)15(22-20(25)18-7-4-10-30-18)13-31(27,28)12-14-5-2-1-3-6-14/h1-7,10,15,17,19H,8-9,11-13H2,(H,22,25). The molecule has 0 radical (unpaired) electrons. The monoisotopic (exact) mass is 462 g/mol. The van der Waals surface area contributed by atoms with Gasteiger partial charge in [-0.1, -0.05) is 36.4 Å². The molecule has 3 unspecified atom stereocenters. The number of hydrogen-bond acceptors (Lipinski definition) is 7. The van der Waals surface area contributed by atoms with Crippen LogP contribution >= 0.6 is 11.3 Å². The molecule has 3 heterocycles. The second-order valence-electron chi connectivity index (χ2n) is 7.62. The predicted octanol–water partition coefficient (Wildman–Crippen LogP) is 1.03. The molecule has 1 aromatic carbocycles. The largest absolute Gasteiger partial charge is 0.368 e. The van der Waals surface area contributed by atoms with E-state index in [1.807, 2.05) is 0 Å². The van der Waals surface area contributed by atoms with Gasteiger partial charge in [-0.15, -0.1) is 11.3 Å². The molecular weight excluding hydrogens is 440 g/mol. The maximum atomic E-state index is 13.3. The Morgan fingerprint density at radius 3 is 2.68 bits per heavy atom. The zero-order valence-corrected chi connectivity index (χ0v) is 18.2. The average molecular weight is 463 g/mol. The second kappa shape index (κ2) is 8.89. The highest BCUT2D eigenvalue weighted by Gasteiger charge is 2.48. The first kappa shape index (κ1) is 21.7. The number of thiophene rings is 1. The third kappa shape index (κ3) is 4.86. The molecule has 0 saturated carbocycles. The van der Waals surface area contributed by atoms with Crippen molar-refractivity contribution in [2.75, 3.05) is 18.9 Å². The summed E-state index contributed by atoms with van der Waals surface area (Å²) in [5.74, 6) is -2.10. The molecule has 0 bridgehead atoms. The predicted molar refractivity (Wildman–Crippen MR) is 114 cm³/mol. The number of Topliss-reactive ketones (excluding diaryl/α,β-unsaturated/α-hetero) is 1. The van der Waals surface area contributed by atoms with Gasteiger partial charge in [-0.05, 0) is 23.4 Å². The van der Waals surface area contributed by atoms with Crippen LogP contribution in [0.5, 0.6) is 0 Å². The van der Waals surface area contributed by atoms with Crippen LogP contribution in [-0.4, -0.2) is 68.0 Å². The summed E-state index contributed by atoms with van der Waals surface area (Å²) in [5.41, 5.74) is 0.596. The zero-order valence-electron chi connectivity index (χ0n) is 16.6. The summed E-state index contributed by atoms with van der Waals surface area (Å²) >= 11 is 1.19. The number of ether oxygens (including phenoxy) is 1. The molecular formula is C21H22N2O6S2. The van der Waals surface area contributed by atoms with Gasteiger partial charge in [0.15, 0.2) is 15.6 Å². The molecule has 2 aromatic rings. The first-order valence-corrected chi connectivity index (χ1v) is 12.6. The molecule has 3 atom stereocenters.